The van der Waals surface area contributed by atoms with Crippen LogP contribution in [0.3, 0.4) is 0 Å². The van der Waals surface area contributed by atoms with Gasteiger partial charge in [0.2, 0.25) is 0 Å². The van der Waals surface area contributed by atoms with E-state index in [-0.39, 0.29) is 11.8 Å². The average Bonchev–Trinajstić information content (AvgIpc) is 2.32. The lowest BCUT2D eigenvalue weighted by molar-refractivity contribution is -0.141. The Morgan fingerprint density at radius 2 is 1.86 bits per heavy atom. The highest BCUT2D eigenvalue weighted by molar-refractivity contribution is 8.00. The number of pyridine rings is 1. The van der Waals surface area contributed by atoms with E-state index in [1.165, 1.54) is 0 Å². The number of hydrogen-bond acceptors (Lipinski definition) is 4. The summed E-state index contributed by atoms with van der Waals surface area (Å²) >= 11 is -0.383. The van der Waals surface area contributed by atoms with Crippen LogP contribution in [-0.2, 0) is 6.18 Å². The number of aromatic carboxylic acids is 1. The topological polar surface area (TPSA) is 62.2 Å². The number of thioether (sulfide) groups is 1. The minimum Gasteiger partial charge on any atom is -0.478 e. The molecule has 0 bridgehead atoms. The summed E-state index contributed by atoms with van der Waals surface area (Å²) in [6.07, 6.45) is -4.78. The van der Waals surface area contributed by atoms with Gasteiger partial charge in [-0.1, -0.05) is 0 Å². The van der Waals surface area contributed by atoms with Crippen LogP contribution in [0, 0.1) is 0 Å². The average molecular weight is 334 g/mol. The normalized spacial score (nSPS) is 12.3. The molecule has 0 saturated carbocycles. The second-order valence-corrected chi connectivity index (χ2v) is 4.78. The third-order valence-electron chi connectivity index (χ3n) is 2.08. The van der Waals surface area contributed by atoms with Crippen molar-refractivity contribution >= 4 is 23.5 Å². The number of halogens is 6. The minimum atomic E-state index is -4.78. The van der Waals surface area contributed by atoms with Gasteiger partial charge >= 0.3 is 17.7 Å². The van der Waals surface area contributed by atoms with E-state index in [9.17, 15) is 31.1 Å². The van der Waals surface area contributed by atoms with Crippen molar-refractivity contribution in [3.8, 4) is 0 Å². The highest BCUT2D eigenvalue weighted by Gasteiger charge is 2.33. The monoisotopic (exact) mass is 334 g/mol. The predicted octanol–water partition coefficient (Wildman–Crippen LogP) is 3.46. The molecular formula is C10H8F6N2O2S. The third kappa shape index (κ3) is 5.69. The first-order valence-corrected chi connectivity index (χ1v) is 6.25. The van der Waals surface area contributed by atoms with Crippen molar-refractivity contribution in [2.24, 2.45) is 0 Å². The molecule has 0 radical (unpaired) electrons. The summed E-state index contributed by atoms with van der Waals surface area (Å²) in [6.45, 7) is -0.390. The molecule has 0 atom stereocenters. The van der Waals surface area contributed by atoms with Gasteiger partial charge in [-0.15, -0.1) is 0 Å². The molecule has 118 valence electrons. The zero-order valence-corrected chi connectivity index (χ0v) is 10.9. The van der Waals surface area contributed by atoms with Crippen LogP contribution in [-0.4, -0.2) is 33.9 Å². The van der Waals surface area contributed by atoms with Crippen molar-refractivity contribution in [2.45, 2.75) is 11.7 Å². The van der Waals surface area contributed by atoms with Crippen LogP contribution < -0.4 is 5.32 Å². The maximum atomic E-state index is 12.5. The Balaban J connectivity index is 2.85. The first-order chi connectivity index (χ1) is 9.50. The van der Waals surface area contributed by atoms with Crippen LogP contribution in [0.25, 0.3) is 0 Å². The Labute approximate surface area is 118 Å². The zero-order chi connectivity index (χ0) is 16.3. The van der Waals surface area contributed by atoms with Crippen LogP contribution in [0.2, 0.25) is 0 Å². The van der Waals surface area contributed by atoms with Gasteiger partial charge in [0.1, 0.15) is 17.1 Å². The van der Waals surface area contributed by atoms with E-state index in [0.29, 0.717) is 12.1 Å². The molecule has 0 aromatic carbocycles. The lowest BCUT2D eigenvalue weighted by Gasteiger charge is -2.12. The SMILES string of the molecule is O=C(O)c1ccc(C(F)(F)F)nc1NCCSC(F)(F)F. The summed E-state index contributed by atoms with van der Waals surface area (Å²) < 4.78 is 73.0. The van der Waals surface area contributed by atoms with E-state index < -0.39 is 47.0 Å². The number of carbonyl (C=O) groups is 1. The number of rotatable bonds is 5. The first-order valence-electron chi connectivity index (χ1n) is 5.27. The third-order valence-corrected chi connectivity index (χ3v) is 2.81. The van der Waals surface area contributed by atoms with Crippen molar-refractivity contribution in [1.29, 1.82) is 0 Å². The second kappa shape index (κ2) is 6.41. The molecule has 21 heavy (non-hydrogen) atoms. The Morgan fingerprint density at radius 3 is 2.33 bits per heavy atom. The number of nitrogens with zero attached hydrogens (tertiary/aromatic N) is 1. The molecule has 0 fully saturated rings. The van der Waals surface area contributed by atoms with E-state index in [1.54, 1.807) is 0 Å². The van der Waals surface area contributed by atoms with Crippen molar-refractivity contribution in [3.63, 3.8) is 0 Å². The number of alkyl halides is 6. The maximum absolute atomic E-state index is 12.5. The molecule has 0 saturated heterocycles. The maximum Gasteiger partial charge on any atom is 0.441 e. The number of carboxylic acid groups (broad SMARTS) is 1. The zero-order valence-electron chi connectivity index (χ0n) is 10.0. The molecule has 0 aliphatic carbocycles. The van der Waals surface area contributed by atoms with Gasteiger partial charge in [-0.05, 0) is 23.9 Å². The molecular weight excluding hydrogens is 326 g/mol. The Bertz CT molecular complexity index is 517. The van der Waals surface area contributed by atoms with Crippen molar-refractivity contribution < 1.29 is 36.2 Å². The lowest BCUT2D eigenvalue weighted by Crippen LogP contribution is -2.16. The molecule has 1 aromatic rings. The number of hydrogen-bond donors (Lipinski definition) is 2. The van der Waals surface area contributed by atoms with Crippen molar-refractivity contribution in [1.82, 2.24) is 4.98 Å². The molecule has 4 nitrogen and oxygen atoms in total. The van der Waals surface area contributed by atoms with Crippen LogP contribution in [0.15, 0.2) is 12.1 Å². The molecule has 1 rings (SSSR count). The van der Waals surface area contributed by atoms with Crippen molar-refractivity contribution in [2.75, 3.05) is 17.6 Å². The van der Waals surface area contributed by atoms with Gasteiger partial charge in [0.05, 0.1) is 0 Å². The highest BCUT2D eigenvalue weighted by atomic mass is 32.2. The number of nitrogens with one attached hydrogen (secondary N) is 1. The molecule has 0 aliphatic rings. The van der Waals surface area contributed by atoms with E-state index in [0.717, 1.165) is 0 Å². The van der Waals surface area contributed by atoms with Gasteiger partial charge < -0.3 is 10.4 Å². The fourth-order valence-corrected chi connectivity index (χ4v) is 1.70. The molecule has 0 spiro atoms. The van der Waals surface area contributed by atoms with Gasteiger partial charge in [0.15, 0.2) is 0 Å². The van der Waals surface area contributed by atoms with Crippen molar-refractivity contribution in [3.05, 3.63) is 23.4 Å². The lowest BCUT2D eigenvalue weighted by atomic mass is 10.2. The summed E-state index contributed by atoms with van der Waals surface area (Å²) in [5.74, 6) is -2.66. The predicted molar refractivity (Wildman–Crippen MR) is 63.2 cm³/mol. The first kappa shape index (κ1) is 17.4. The molecule has 1 aromatic heterocycles. The number of carboxylic acids is 1. The van der Waals surface area contributed by atoms with Crippen LogP contribution >= 0.6 is 11.8 Å². The summed E-state index contributed by atoms with van der Waals surface area (Å²) in [6, 6.07) is 1.18. The fourth-order valence-electron chi connectivity index (χ4n) is 1.26. The number of aromatic nitrogens is 1. The molecule has 0 unspecified atom stereocenters. The smallest absolute Gasteiger partial charge is 0.441 e. The quantitative estimate of drug-likeness (QED) is 0.638. The molecule has 0 aliphatic heterocycles. The molecule has 0 amide bonds. The number of anilines is 1. The summed E-state index contributed by atoms with van der Waals surface area (Å²) in [5.41, 5.74) is -6.36. The van der Waals surface area contributed by atoms with Gasteiger partial charge in [0.25, 0.3) is 0 Å². The fraction of sp³-hybridized carbons (Fsp3) is 0.400. The van der Waals surface area contributed by atoms with E-state index in [2.05, 4.69) is 10.3 Å². The van der Waals surface area contributed by atoms with Gasteiger partial charge in [-0.25, -0.2) is 9.78 Å². The van der Waals surface area contributed by atoms with Gasteiger partial charge in [-0.3, -0.25) is 0 Å². The van der Waals surface area contributed by atoms with Crippen LogP contribution in [0.1, 0.15) is 16.1 Å². The Hall–Kier alpha value is -1.65. The summed E-state index contributed by atoms with van der Waals surface area (Å²) in [4.78, 5) is 13.9. The van der Waals surface area contributed by atoms with Crippen LogP contribution in [0.4, 0.5) is 32.2 Å². The van der Waals surface area contributed by atoms with Gasteiger partial charge in [0, 0.05) is 12.3 Å². The minimum absolute atomic E-state index is 0.383. The van der Waals surface area contributed by atoms with Crippen LogP contribution in [0.5, 0.6) is 0 Å². The molecule has 1 heterocycles. The highest BCUT2D eigenvalue weighted by Crippen LogP contribution is 2.31. The summed E-state index contributed by atoms with van der Waals surface area (Å²) in [7, 11) is 0. The largest absolute Gasteiger partial charge is 0.478 e. The summed E-state index contributed by atoms with van der Waals surface area (Å²) in [5, 5.41) is 11.0. The molecule has 11 heteroatoms. The Kier molecular flexibility index (Phi) is 5.31. The van der Waals surface area contributed by atoms with Gasteiger partial charge in [-0.2, -0.15) is 26.3 Å². The second-order valence-electron chi connectivity index (χ2n) is 3.62. The Morgan fingerprint density at radius 1 is 1.24 bits per heavy atom. The van der Waals surface area contributed by atoms with E-state index in [1.807, 2.05) is 0 Å². The standard InChI is InChI=1S/C10H8F6N2O2S/c11-9(12,13)6-2-1-5(8(19)20)7(18-6)17-3-4-21-10(14,15)16/h1-2H,3-4H2,(H,17,18)(H,19,20). The van der Waals surface area contributed by atoms with E-state index >= 15 is 0 Å². The van der Waals surface area contributed by atoms with E-state index in [4.69, 9.17) is 5.11 Å². The molecule has 2 N–H and O–H groups in total.